The van der Waals surface area contributed by atoms with Crippen molar-refractivity contribution in [3.63, 3.8) is 0 Å². The second kappa shape index (κ2) is 5.96. The maximum absolute atomic E-state index is 10.2. The molecule has 96 valence electrons. The van der Waals surface area contributed by atoms with E-state index < -0.39 is 5.60 Å². The Kier molecular flexibility index (Phi) is 5.18. The van der Waals surface area contributed by atoms with Gasteiger partial charge in [0.05, 0.1) is 12.2 Å². The molecule has 2 unspecified atom stereocenters. The van der Waals surface area contributed by atoms with Gasteiger partial charge in [-0.15, -0.1) is 0 Å². The molecule has 0 aliphatic heterocycles. The first-order valence-electron chi connectivity index (χ1n) is 6.04. The highest BCUT2D eigenvalue weighted by molar-refractivity contribution is 4.89. The molecule has 16 heavy (non-hydrogen) atoms. The Labute approximate surface area is 99.0 Å². The molecule has 0 bridgehead atoms. The van der Waals surface area contributed by atoms with Crippen LogP contribution in [0.4, 0.5) is 0 Å². The molecule has 1 fully saturated rings. The Morgan fingerprint density at radius 1 is 1.50 bits per heavy atom. The van der Waals surface area contributed by atoms with Crippen LogP contribution in [0, 0.1) is 5.92 Å². The molecule has 0 aromatic carbocycles. The fourth-order valence-corrected chi connectivity index (χ4v) is 2.13. The van der Waals surface area contributed by atoms with Gasteiger partial charge >= 0.3 is 0 Å². The van der Waals surface area contributed by atoms with Gasteiger partial charge in [0, 0.05) is 26.2 Å². The number of hydrogen-bond donors (Lipinski definition) is 2. The highest BCUT2D eigenvalue weighted by atomic mass is 16.5. The van der Waals surface area contributed by atoms with E-state index in [2.05, 4.69) is 5.32 Å². The Morgan fingerprint density at radius 3 is 2.56 bits per heavy atom. The summed E-state index contributed by atoms with van der Waals surface area (Å²) in [6, 6.07) is 0.402. The van der Waals surface area contributed by atoms with Crippen LogP contribution in [-0.2, 0) is 4.74 Å². The molecule has 0 radical (unpaired) electrons. The molecule has 2 atom stereocenters. The third-order valence-corrected chi connectivity index (χ3v) is 2.94. The van der Waals surface area contributed by atoms with Crippen LogP contribution in [0.15, 0.2) is 0 Å². The van der Waals surface area contributed by atoms with Crippen LogP contribution >= 0.6 is 0 Å². The van der Waals surface area contributed by atoms with E-state index in [1.807, 2.05) is 25.9 Å². The van der Waals surface area contributed by atoms with Crippen LogP contribution in [0.1, 0.15) is 19.8 Å². The van der Waals surface area contributed by atoms with Gasteiger partial charge in [0.1, 0.15) is 0 Å². The lowest BCUT2D eigenvalue weighted by Crippen LogP contribution is -2.49. The van der Waals surface area contributed by atoms with Gasteiger partial charge in [-0.25, -0.2) is 0 Å². The molecular formula is C12H26N2O2. The van der Waals surface area contributed by atoms with Crippen molar-refractivity contribution in [3.05, 3.63) is 0 Å². The number of aliphatic hydroxyl groups is 1. The van der Waals surface area contributed by atoms with E-state index >= 15 is 0 Å². The number of hydrogen-bond acceptors (Lipinski definition) is 4. The predicted octanol–water partition coefficient (Wildman–Crippen LogP) is 0.314. The summed E-state index contributed by atoms with van der Waals surface area (Å²) in [5, 5.41) is 13.6. The minimum Gasteiger partial charge on any atom is -0.388 e. The van der Waals surface area contributed by atoms with Crippen LogP contribution in [0.25, 0.3) is 0 Å². The molecule has 2 N–H and O–H groups in total. The molecule has 0 saturated heterocycles. The Balaban J connectivity index is 2.29. The van der Waals surface area contributed by atoms with E-state index in [-0.39, 0.29) is 0 Å². The standard InChI is InChI=1S/C12H26N2O2/c1-12(15,9-14(2)3)8-13-11(7-16-4)10-5-6-10/h10-11,13,15H,5-9H2,1-4H3. The van der Waals surface area contributed by atoms with Gasteiger partial charge in [-0.2, -0.15) is 0 Å². The van der Waals surface area contributed by atoms with Crippen molar-refractivity contribution in [2.75, 3.05) is 40.9 Å². The monoisotopic (exact) mass is 230 g/mol. The van der Waals surface area contributed by atoms with Gasteiger partial charge in [0.25, 0.3) is 0 Å². The molecule has 1 saturated carbocycles. The van der Waals surface area contributed by atoms with Gasteiger partial charge in [-0.05, 0) is 39.8 Å². The molecule has 1 aliphatic carbocycles. The Morgan fingerprint density at radius 2 is 2.12 bits per heavy atom. The summed E-state index contributed by atoms with van der Waals surface area (Å²) in [5.74, 6) is 0.745. The van der Waals surface area contributed by atoms with Crippen molar-refractivity contribution in [1.29, 1.82) is 0 Å². The van der Waals surface area contributed by atoms with E-state index in [1.54, 1.807) is 7.11 Å². The minimum atomic E-state index is -0.676. The molecule has 4 nitrogen and oxygen atoms in total. The van der Waals surface area contributed by atoms with Gasteiger partial charge < -0.3 is 20.1 Å². The van der Waals surface area contributed by atoms with Gasteiger partial charge in [-0.3, -0.25) is 0 Å². The summed E-state index contributed by atoms with van der Waals surface area (Å²) in [5.41, 5.74) is -0.676. The quantitative estimate of drug-likeness (QED) is 0.630. The number of likely N-dealkylation sites (N-methyl/N-ethyl adjacent to an activating group) is 1. The van der Waals surface area contributed by atoms with Crippen LogP contribution < -0.4 is 5.32 Å². The normalized spacial score (nSPS) is 22.1. The van der Waals surface area contributed by atoms with Crippen LogP contribution in [-0.4, -0.2) is 62.6 Å². The van der Waals surface area contributed by atoms with Crippen LogP contribution in [0.5, 0.6) is 0 Å². The molecule has 0 spiro atoms. The fourth-order valence-electron chi connectivity index (χ4n) is 2.13. The van der Waals surface area contributed by atoms with Crippen molar-refractivity contribution in [3.8, 4) is 0 Å². The number of nitrogens with one attached hydrogen (secondary N) is 1. The third kappa shape index (κ3) is 5.25. The fraction of sp³-hybridized carbons (Fsp3) is 1.00. The van der Waals surface area contributed by atoms with Crippen LogP contribution in [0.2, 0.25) is 0 Å². The maximum Gasteiger partial charge on any atom is 0.0869 e. The smallest absolute Gasteiger partial charge is 0.0869 e. The summed E-state index contributed by atoms with van der Waals surface area (Å²) in [4.78, 5) is 2.00. The van der Waals surface area contributed by atoms with Gasteiger partial charge in [0.2, 0.25) is 0 Å². The second-order valence-electron chi connectivity index (χ2n) is 5.51. The molecule has 4 heteroatoms. The van der Waals surface area contributed by atoms with Gasteiger partial charge in [-0.1, -0.05) is 0 Å². The molecular weight excluding hydrogens is 204 g/mol. The van der Waals surface area contributed by atoms with E-state index in [4.69, 9.17) is 4.74 Å². The minimum absolute atomic E-state index is 0.402. The van der Waals surface area contributed by atoms with E-state index in [1.165, 1.54) is 12.8 Å². The van der Waals surface area contributed by atoms with Crippen molar-refractivity contribution >= 4 is 0 Å². The summed E-state index contributed by atoms with van der Waals surface area (Å²) in [6.07, 6.45) is 2.58. The van der Waals surface area contributed by atoms with Crippen molar-refractivity contribution in [1.82, 2.24) is 10.2 Å². The molecule has 0 amide bonds. The summed E-state index contributed by atoms with van der Waals surface area (Å²) in [6.45, 7) is 3.90. The molecule has 1 rings (SSSR count). The number of ether oxygens (including phenoxy) is 1. The molecule has 0 heterocycles. The van der Waals surface area contributed by atoms with Gasteiger partial charge in [0.15, 0.2) is 0 Å². The van der Waals surface area contributed by atoms with E-state index in [0.29, 0.717) is 19.1 Å². The lowest BCUT2D eigenvalue weighted by molar-refractivity contribution is 0.0269. The van der Waals surface area contributed by atoms with E-state index in [0.717, 1.165) is 12.5 Å². The maximum atomic E-state index is 10.2. The predicted molar refractivity (Wildman–Crippen MR) is 65.6 cm³/mol. The van der Waals surface area contributed by atoms with Crippen molar-refractivity contribution in [2.45, 2.75) is 31.4 Å². The SMILES string of the molecule is COCC(NCC(C)(O)CN(C)C)C1CC1. The second-order valence-corrected chi connectivity index (χ2v) is 5.51. The molecule has 0 aromatic heterocycles. The largest absolute Gasteiger partial charge is 0.388 e. The summed E-state index contributed by atoms with van der Waals surface area (Å²) >= 11 is 0. The average molecular weight is 230 g/mol. The third-order valence-electron chi connectivity index (χ3n) is 2.94. The first-order valence-corrected chi connectivity index (χ1v) is 6.04. The Hall–Kier alpha value is -0.160. The molecule has 0 aromatic rings. The zero-order valence-electron chi connectivity index (χ0n) is 11.0. The highest BCUT2D eigenvalue weighted by Gasteiger charge is 2.32. The van der Waals surface area contributed by atoms with Crippen LogP contribution in [0.3, 0.4) is 0 Å². The van der Waals surface area contributed by atoms with E-state index in [9.17, 15) is 5.11 Å². The average Bonchev–Trinajstić information content (AvgIpc) is 2.93. The number of nitrogens with zero attached hydrogens (tertiary/aromatic N) is 1. The zero-order valence-corrected chi connectivity index (χ0v) is 11.0. The first kappa shape index (κ1) is 13.9. The van der Waals surface area contributed by atoms with Crippen molar-refractivity contribution in [2.24, 2.45) is 5.92 Å². The number of methoxy groups -OCH3 is 1. The zero-order chi connectivity index (χ0) is 12.2. The summed E-state index contributed by atoms with van der Waals surface area (Å²) in [7, 11) is 5.68. The molecule has 1 aliphatic rings. The topological polar surface area (TPSA) is 44.7 Å². The first-order chi connectivity index (χ1) is 7.44. The lowest BCUT2D eigenvalue weighted by atomic mass is 10.1. The van der Waals surface area contributed by atoms with Crippen molar-refractivity contribution < 1.29 is 9.84 Å². The lowest BCUT2D eigenvalue weighted by Gasteiger charge is -2.29. The summed E-state index contributed by atoms with van der Waals surface area (Å²) < 4.78 is 5.20. The highest BCUT2D eigenvalue weighted by Crippen LogP contribution is 2.32. The number of rotatable bonds is 8. The Bertz CT molecular complexity index is 203.